The molecular formula is C13H5ClF3NO4. The Morgan fingerprint density at radius 1 is 1.14 bits per heavy atom. The van der Waals surface area contributed by atoms with E-state index in [-0.39, 0.29) is 0 Å². The number of hydrogen-bond donors (Lipinski definition) is 0. The van der Waals surface area contributed by atoms with Crippen LogP contribution in [0.25, 0.3) is 0 Å². The summed E-state index contributed by atoms with van der Waals surface area (Å²) < 4.78 is 43.8. The zero-order valence-corrected chi connectivity index (χ0v) is 11.2. The lowest BCUT2D eigenvalue weighted by Crippen LogP contribution is -2.11. The van der Waals surface area contributed by atoms with E-state index in [2.05, 4.69) is 4.74 Å². The van der Waals surface area contributed by atoms with Gasteiger partial charge in [-0.2, -0.15) is 0 Å². The highest BCUT2D eigenvalue weighted by Gasteiger charge is 2.22. The van der Waals surface area contributed by atoms with Crippen molar-refractivity contribution in [2.24, 2.45) is 0 Å². The minimum absolute atomic E-state index is 0.456. The van der Waals surface area contributed by atoms with Crippen molar-refractivity contribution in [1.29, 1.82) is 0 Å². The third kappa shape index (κ3) is 3.17. The predicted octanol–water partition coefficient (Wildman–Crippen LogP) is 3.88. The van der Waals surface area contributed by atoms with Crippen molar-refractivity contribution in [1.82, 2.24) is 0 Å². The first kappa shape index (κ1) is 15.8. The van der Waals surface area contributed by atoms with Crippen molar-refractivity contribution in [2.45, 2.75) is 0 Å². The highest BCUT2D eigenvalue weighted by molar-refractivity contribution is 6.33. The Hall–Kier alpha value is -2.61. The summed E-state index contributed by atoms with van der Waals surface area (Å²) in [4.78, 5) is 21.7. The summed E-state index contributed by atoms with van der Waals surface area (Å²) in [7, 11) is 0. The fourth-order valence-corrected chi connectivity index (χ4v) is 1.78. The third-order valence-electron chi connectivity index (χ3n) is 2.55. The van der Waals surface area contributed by atoms with Gasteiger partial charge < -0.3 is 4.74 Å². The van der Waals surface area contributed by atoms with Crippen LogP contribution in [0.1, 0.15) is 10.4 Å². The number of benzene rings is 2. The minimum atomic E-state index is -1.36. The highest BCUT2D eigenvalue weighted by Crippen LogP contribution is 2.29. The van der Waals surface area contributed by atoms with Crippen LogP contribution in [0.5, 0.6) is 5.75 Å². The van der Waals surface area contributed by atoms with Gasteiger partial charge in [0.15, 0.2) is 11.6 Å². The van der Waals surface area contributed by atoms with Crippen molar-refractivity contribution in [3.05, 3.63) is 68.5 Å². The lowest BCUT2D eigenvalue weighted by molar-refractivity contribution is -0.385. The monoisotopic (exact) mass is 331 g/mol. The van der Waals surface area contributed by atoms with Crippen LogP contribution in [0.3, 0.4) is 0 Å². The molecule has 0 aliphatic rings. The summed E-state index contributed by atoms with van der Waals surface area (Å²) in [5.74, 6) is -5.50. The van der Waals surface area contributed by atoms with Crippen LogP contribution in [-0.4, -0.2) is 10.9 Å². The number of halogens is 4. The first-order valence-electron chi connectivity index (χ1n) is 5.60. The molecule has 0 saturated carbocycles. The smallest absolute Gasteiger partial charge is 0.345 e. The van der Waals surface area contributed by atoms with E-state index in [1.54, 1.807) is 0 Å². The number of hydrogen-bond acceptors (Lipinski definition) is 4. The zero-order chi connectivity index (χ0) is 16.4. The van der Waals surface area contributed by atoms with E-state index in [4.69, 9.17) is 11.6 Å². The fraction of sp³-hybridized carbons (Fsp3) is 0. The molecule has 5 nitrogen and oxygen atoms in total. The average molecular weight is 332 g/mol. The molecule has 0 fully saturated rings. The maximum Gasteiger partial charge on any atom is 0.345 e. The van der Waals surface area contributed by atoms with Gasteiger partial charge in [-0.3, -0.25) is 10.1 Å². The zero-order valence-electron chi connectivity index (χ0n) is 10.5. The van der Waals surface area contributed by atoms with Gasteiger partial charge in [0.25, 0.3) is 0 Å². The summed E-state index contributed by atoms with van der Waals surface area (Å²) in [5.41, 5.74) is -1.23. The van der Waals surface area contributed by atoms with E-state index in [1.807, 2.05) is 0 Å². The van der Waals surface area contributed by atoms with Gasteiger partial charge in [0.05, 0.1) is 15.5 Å². The standard InChI is InChI=1S/C13H5ClF3NO4/c14-8-5-10(17)9(16)4-7(8)13(19)22-12-3-6(15)1-2-11(12)18(20)21/h1-5H. The van der Waals surface area contributed by atoms with Gasteiger partial charge in [-0.15, -0.1) is 0 Å². The van der Waals surface area contributed by atoms with Crippen molar-refractivity contribution in [3.8, 4) is 5.75 Å². The topological polar surface area (TPSA) is 69.4 Å². The Balaban J connectivity index is 2.39. The van der Waals surface area contributed by atoms with Gasteiger partial charge in [0, 0.05) is 12.1 Å². The molecule has 0 aliphatic carbocycles. The van der Waals surface area contributed by atoms with Crippen LogP contribution < -0.4 is 4.74 Å². The lowest BCUT2D eigenvalue weighted by atomic mass is 10.2. The molecule has 0 N–H and O–H groups in total. The molecule has 9 heteroatoms. The number of ether oxygens (including phenoxy) is 1. The summed E-state index contributed by atoms with van der Waals surface area (Å²) >= 11 is 5.58. The molecule has 22 heavy (non-hydrogen) atoms. The van der Waals surface area contributed by atoms with Crippen molar-refractivity contribution < 1.29 is 27.6 Å². The van der Waals surface area contributed by atoms with Gasteiger partial charge in [0.2, 0.25) is 5.75 Å². The molecule has 0 bridgehead atoms. The van der Waals surface area contributed by atoms with Crippen LogP contribution in [0.2, 0.25) is 5.02 Å². The minimum Gasteiger partial charge on any atom is -0.415 e. The number of nitro benzene ring substituents is 1. The summed E-state index contributed by atoms with van der Waals surface area (Å²) in [6, 6.07) is 3.24. The Morgan fingerprint density at radius 2 is 1.77 bits per heavy atom. The maximum atomic E-state index is 13.1. The normalized spacial score (nSPS) is 10.4. The predicted molar refractivity (Wildman–Crippen MR) is 69.4 cm³/mol. The van der Waals surface area contributed by atoms with E-state index < -0.39 is 50.4 Å². The molecule has 0 heterocycles. The van der Waals surface area contributed by atoms with Crippen molar-refractivity contribution in [2.75, 3.05) is 0 Å². The Morgan fingerprint density at radius 3 is 2.41 bits per heavy atom. The Bertz CT molecular complexity index is 782. The molecule has 0 saturated heterocycles. The van der Waals surface area contributed by atoms with E-state index in [0.717, 1.165) is 12.1 Å². The molecule has 0 spiro atoms. The van der Waals surface area contributed by atoms with E-state index in [1.165, 1.54) is 0 Å². The second kappa shape index (κ2) is 6.02. The van der Waals surface area contributed by atoms with Gasteiger partial charge in [-0.1, -0.05) is 11.6 Å². The Labute approximate surface area is 126 Å². The molecule has 0 amide bonds. The number of carbonyl (C=O) groups excluding carboxylic acids is 1. The average Bonchev–Trinajstić information content (AvgIpc) is 2.42. The largest absolute Gasteiger partial charge is 0.415 e. The Kier molecular flexibility index (Phi) is 4.32. The molecule has 0 radical (unpaired) electrons. The SMILES string of the molecule is O=C(Oc1cc(F)ccc1[N+](=O)[O-])c1cc(F)c(F)cc1Cl. The first-order valence-corrected chi connectivity index (χ1v) is 5.98. The number of nitro groups is 1. The van der Waals surface area contributed by atoms with E-state index in [9.17, 15) is 28.1 Å². The van der Waals surface area contributed by atoms with Crippen molar-refractivity contribution in [3.63, 3.8) is 0 Å². The molecule has 2 aromatic rings. The maximum absolute atomic E-state index is 13.1. The van der Waals surface area contributed by atoms with E-state index >= 15 is 0 Å². The molecular weight excluding hydrogens is 327 g/mol. The second-order valence-corrected chi connectivity index (χ2v) is 4.41. The quantitative estimate of drug-likeness (QED) is 0.281. The third-order valence-corrected chi connectivity index (χ3v) is 2.86. The fourth-order valence-electron chi connectivity index (χ4n) is 1.55. The molecule has 0 aliphatic heterocycles. The summed E-state index contributed by atoms with van der Waals surface area (Å²) in [5, 5.41) is 10.3. The number of nitrogens with zero attached hydrogens (tertiary/aromatic N) is 1. The molecule has 0 unspecified atom stereocenters. The van der Waals surface area contributed by atoms with Crippen LogP contribution in [-0.2, 0) is 0 Å². The van der Waals surface area contributed by atoms with Gasteiger partial charge in [-0.25, -0.2) is 18.0 Å². The van der Waals surface area contributed by atoms with Crippen LogP contribution in [0.15, 0.2) is 30.3 Å². The van der Waals surface area contributed by atoms with Gasteiger partial charge in [-0.05, 0) is 18.2 Å². The molecule has 0 atom stereocenters. The lowest BCUT2D eigenvalue weighted by Gasteiger charge is -2.07. The molecule has 114 valence electrons. The number of rotatable bonds is 3. The van der Waals surface area contributed by atoms with Crippen LogP contribution in [0.4, 0.5) is 18.9 Å². The van der Waals surface area contributed by atoms with Crippen LogP contribution in [0, 0.1) is 27.6 Å². The van der Waals surface area contributed by atoms with Crippen molar-refractivity contribution >= 4 is 23.3 Å². The second-order valence-electron chi connectivity index (χ2n) is 4.00. The summed E-state index contributed by atoms with van der Waals surface area (Å²) in [6.45, 7) is 0. The highest BCUT2D eigenvalue weighted by atomic mass is 35.5. The first-order chi connectivity index (χ1) is 10.3. The summed E-state index contributed by atoms with van der Waals surface area (Å²) in [6.07, 6.45) is 0. The van der Waals surface area contributed by atoms with E-state index in [0.29, 0.717) is 18.2 Å². The van der Waals surface area contributed by atoms with Gasteiger partial charge >= 0.3 is 11.7 Å². The number of esters is 1. The molecule has 2 rings (SSSR count). The van der Waals surface area contributed by atoms with Crippen LogP contribution >= 0.6 is 11.6 Å². The molecule has 2 aromatic carbocycles. The number of carbonyl (C=O) groups is 1. The van der Waals surface area contributed by atoms with Gasteiger partial charge in [0.1, 0.15) is 5.82 Å². The molecule has 0 aromatic heterocycles.